The Hall–Kier alpha value is -1.31. The van der Waals surface area contributed by atoms with Gasteiger partial charge in [-0.2, -0.15) is 5.48 Å². The summed E-state index contributed by atoms with van der Waals surface area (Å²) in [5, 5.41) is 30.5. The van der Waals surface area contributed by atoms with E-state index < -0.39 is 39.0 Å². The van der Waals surface area contributed by atoms with Gasteiger partial charge in [0.2, 0.25) is 5.91 Å². The number of aliphatic carboxylic acids is 1. The highest BCUT2D eigenvalue weighted by atomic mass is 32.2. The van der Waals surface area contributed by atoms with Crippen LogP contribution in [-0.2, 0) is 29.2 Å². The summed E-state index contributed by atoms with van der Waals surface area (Å²) in [6.45, 7) is 0.894. The molecule has 5 N–H and O–H groups in total. The average molecular weight is 589 g/mol. The summed E-state index contributed by atoms with van der Waals surface area (Å²) >= 11 is 0. The van der Waals surface area contributed by atoms with Crippen molar-refractivity contribution in [2.45, 2.75) is 125 Å². The van der Waals surface area contributed by atoms with Gasteiger partial charge in [0.25, 0.3) is 0 Å². The highest BCUT2D eigenvalue weighted by Gasteiger charge is 2.42. The van der Waals surface area contributed by atoms with Crippen molar-refractivity contribution in [3.05, 3.63) is 0 Å². The fraction of sp³-hybridized carbons (Fsp3) is 0.929. The molecule has 0 saturated heterocycles. The number of hydrogen-bond donors (Lipinski definition) is 5. The molecule has 4 fully saturated rings. The lowest BCUT2D eigenvalue weighted by Gasteiger charge is -2.36. The largest absolute Gasteiger partial charge is 0.481 e. The number of carboxylic acids is 1. The second-order valence-electron chi connectivity index (χ2n) is 12.6. The van der Waals surface area contributed by atoms with Gasteiger partial charge in [0.15, 0.2) is 9.84 Å². The Morgan fingerprint density at radius 3 is 1.90 bits per heavy atom. The Labute approximate surface area is 237 Å². The van der Waals surface area contributed by atoms with E-state index in [-0.39, 0.29) is 36.1 Å². The minimum atomic E-state index is -3.29. The van der Waals surface area contributed by atoms with Crippen molar-refractivity contribution in [2.24, 2.45) is 23.7 Å². The molecule has 12 heteroatoms. The van der Waals surface area contributed by atoms with E-state index in [1.807, 2.05) is 0 Å². The number of aliphatic hydroxyl groups excluding tert-OH is 1. The molecule has 0 aromatic rings. The van der Waals surface area contributed by atoms with Crippen LogP contribution in [0.1, 0.15) is 96.3 Å². The van der Waals surface area contributed by atoms with Crippen molar-refractivity contribution in [3.8, 4) is 0 Å². The van der Waals surface area contributed by atoms with Gasteiger partial charge in [0.05, 0.1) is 41.7 Å². The molecule has 40 heavy (non-hydrogen) atoms. The maximum Gasteiger partial charge on any atom is 0.307 e. The van der Waals surface area contributed by atoms with Crippen LogP contribution in [0.3, 0.4) is 0 Å². The maximum absolute atomic E-state index is 13.4. The van der Waals surface area contributed by atoms with Crippen molar-refractivity contribution in [1.29, 1.82) is 0 Å². The first-order valence-corrected chi connectivity index (χ1v) is 16.9. The Balaban J connectivity index is 1.17. The average Bonchev–Trinajstić information content (AvgIpc) is 2.94. The highest BCUT2D eigenvalue weighted by Crippen LogP contribution is 2.35. The van der Waals surface area contributed by atoms with Crippen molar-refractivity contribution in [3.63, 3.8) is 0 Å². The molecule has 0 radical (unpaired) electrons. The second-order valence-corrected chi connectivity index (χ2v) is 15.1. The summed E-state index contributed by atoms with van der Waals surface area (Å²) in [5.74, 6) is -2.26. The normalized spacial score (nSPS) is 37.5. The SMILES string of the molecule is O=C(O)C1CCC(O)CC1C(=O)NC1CCC(S(=O)(=O)C2CCC(NOCC3CCCCC3COO)CC2)CC1. The van der Waals surface area contributed by atoms with Crippen molar-refractivity contribution in [1.82, 2.24) is 10.8 Å². The molecule has 0 bridgehead atoms. The summed E-state index contributed by atoms with van der Waals surface area (Å²) in [4.78, 5) is 34.7. The van der Waals surface area contributed by atoms with E-state index in [1.54, 1.807) is 0 Å². The molecule has 4 saturated carbocycles. The number of hydrogen-bond acceptors (Lipinski definition) is 9. The van der Waals surface area contributed by atoms with Crippen molar-refractivity contribution >= 4 is 21.7 Å². The molecule has 5 unspecified atom stereocenters. The van der Waals surface area contributed by atoms with Gasteiger partial charge in [-0.25, -0.2) is 13.3 Å². The highest BCUT2D eigenvalue weighted by molar-refractivity contribution is 7.92. The first kappa shape index (κ1) is 31.6. The molecule has 4 aliphatic carbocycles. The Morgan fingerprint density at radius 1 is 0.750 bits per heavy atom. The molecule has 4 aliphatic rings. The molecule has 0 spiro atoms. The Kier molecular flexibility index (Phi) is 11.6. The van der Waals surface area contributed by atoms with Gasteiger partial charge >= 0.3 is 5.97 Å². The van der Waals surface area contributed by atoms with Crippen LogP contribution in [0.2, 0.25) is 0 Å². The van der Waals surface area contributed by atoms with Gasteiger partial charge in [-0.1, -0.05) is 12.8 Å². The summed E-state index contributed by atoms with van der Waals surface area (Å²) < 4.78 is 26.9. The summed E-state index contributed by atoms with van der Waals surface area (Å²) in [5.41, 5.74) is 3.16. The second kappa shape index (κ2) is 14.7. The van der Waals surface area contributed by atoms with E-state index >= 15 is 0 Å². The van der Waals surface area contributed by atoms with Gasteiger partial charge in [0, 0.05) is 12.1 Å². The van der Waals surface area contributed by atoms with Crippen LogP contribution in [0.15, 0.2) is 0 Å². The standard InChI is InChI=1S/C28H48N2O9S/c31-22-9-14-25(28(33)34)26(15-22)27(32)29-20-5-10-23(11-6-20)40(36,37)24-12-7-21(8-13-24)30-38-16-18-3-1-2-4-19(18)17-39-35/h18-26,30-31,35H,1-17H2,(H,29,32)(H,33,34). The number of sulfone groups is 1. The fourth-order valence-electron chi connectivity index (χ4n) is 7.45. The van der Waals surface area contributed by atoms with Gasteiger partial charge in [-0.05, 0) is 95.3 Å². The van der Waals surface area contributed by atoms with Crippen LogP contribution < -0.4 is 10.8 Å². The van der Waals surface area contributed by atoms with Crippen LogP contribution in [0, 0.1) is 23.7 Å². The maximum atomic E-state index is 13.4. The van der Waals surface area contributed by atoms with Crippen LogP contribution in [-0.4, -0.2) is 77.7 Å². The predicted octanol–water partition coefficient (Wildman–Crippen LogP) is 2.82. The molecule has 4 rings (SSSR count). The first-order chi connectivity index (χ1) is 19.2. The topological polar surface area (TPSA) is 171 Å². The van der Waals surface area contributed by atoms with E-state index in [0.717, 1.165) is 38.5 Å². The molecule has 230 valence electrons. The summed E-state index contributed by atoms with van der Waals surface area (Å²) in [6, 6.07) is -0.0429. The molecule has 11 nitrogen and oxygen atoms in total. The molecular weight excluding hydrogens is 540 g/mol. The van der Waals surface area contributed by atoms with Gasteiger partial charge in [0.1, 0.15) is 0 Å². The quantitative estimate of drug-likeness (QED) is 0.179. The smallest absolute Gasteiger partial charge is 0.307 e. The minimum Gasteiger partial charge on any atom is -0.481 e. The molecule has 0 heterocycles. The minimum absolute atomic E-state index is 0.126. The predicted molar refractivity (Wildman–Crippen MR) is 147 cm³/mol. The monoisotopic (exact) mass is 588 g/mol. The number of nitrogens with one attached hydrogen (secondary N) is 2. The lowest BCUT2D eigenvalue weighted by atomic mass is 9.77. The lowest BCUT2D eigenvalue weighted by molar-refractivity contribution is -0.256. The molecule has 0 aromatic carbocycles. The van der Waals surface area contributed by atoms with Crippen LogP contribution in [0.25, 0.3) is 0 Å². The van der Waals surface area contributed by atoms with E-state index in [9.17, 15) is 28.2 Å². The Bertz CT molecular complexity index is 930. The lowest BCUT2D eigenvalue weighted by Crippen LogP contribution is -2.48. The number of carbonyl (C=O) groups is 2. The summed E-state index contributed by atoms with van der Waals surface area (Å²) in [7, 11) is -3.29. The van der Waals surface area contributed by atoms with Crippen molar-refractivity contribution in [2.75, 3.05) is 13.2 Å². The molecule has 0 aromatic heterocycles. The van der Waals surface area contributed by atoms with E-state index in [4.69, 9.17) is 10.1 Å². The van der Waals surface area contributed by atoms with Gasteiger partial charge in [-0.3, -0.25) is 14.8 Å². The van der Waals surface area contributed by atoms with E-state index in [2.05, 4.69) is 15.7 Å². The van der Waals surface area contributed by atoms with Crippen LogP contribution >= 0.6 is 0 Å². The molecule has 1 amide bonds. The Morgan fingerprint density at radius 2 is 1.32 bits per heavy atom. The van der Waals surface area contributed by atoms with E-state index in [1.165, 1.54) is 0 Å². The molecule has 0 aliphatic heterocycles. The van der Waals surface area contributed by atoms with Crippen LogP contribution in [0.4, 0.5) is 0 Å². The van der Waals surface area contributed by atoms with E-state index in [0.29, 0.717) is 70.0 Å². The first-order valence-electron chi connectivity index (χ1n) is 15.3. The third-order valence-electron chi connectivity index (χ3n) is 10.0. The van der Waals surface area contributed by atoms with Gasteiger partial charge in [-0.15, -0.1) is 0 Å². The third kappa shape index (κ3) is 8.16. The number of carboxylic acid groups (broad SMARTS) is 1. The number of carbonyl (C=O) groups excluding carboxylic acids is 1. The molecule has 5 atom stereocenters. The zero-order chi connectivity index (χ0) is 28.7. The number of rotatable bonds is 11. The van der Waals surface area contributed by atoms with Crippen molar-refractivity contribution < 1.29 is 43.2 Å². The number of hydroxylamine groups is 1. The third-order valence-corrected chi connectivity index (χ3v) is 12.8. The summed E-state index contributed by atoms with van der Waals surface area (Å²) in [6.07, 6.45) is 9.30. The number of amides is 1. The zero-order valence-electron chi connectivity index (χ0n) is 23.4. The molecular formula is C28H48N2O9S. The van der Waals surface area contributed by atoms with Crippen LogP contribution in [0.5, 0.6) is 0 Å². The zero-order valence-corrected chi connectivity index (χ0v) is 24.2. The fourth-order valence-corrected chi connectivity index (χ4v) is 9.85. The van der Waals surface area contributed by atoms with Gasteiger partial charge < -0.3 is 20.4 Å². The number of aliphatic hydroxyl groups is 1.